The number of rotatable bonds is 4. The highest BCUT2D eigenvalue weighted by molar-refractivity contribution is 6.06. The van der Waals surface area contributed by atoms with Gasteiger partial charge in [0.1, 0.15) is 0 Å². The van der Waals surface area contributed by atoms with E-state index in [1.165, 1.54) is 5.57 Å². The van der Waals surface area contributed by atoms with Crippen molar-refractivity contribution in [3.8, 4) is 0 Å². The summed E-state index contributed by atoms with van der Waals surface area (Å²) in [7, 11) is 0. The summed E-state index contributed by atoms with van der Waals surface area (Å²) in [5.74, 6) is -0.486. The fourth-order valence-corrected chi connectivity index (χ4v) is 9.94. The first kappa shape index (κ1) is 23.9. The molecule has 5 aliphatic carbocycles. The Morgan fingerprint density at radius 3 is 2.44 bits per heavy atom. The number of likely N-dealkylation sites (tertiary alicyclic amines) is 1. The van der Waals surface area contributed by atoms with E-state index in [0.717, 1.165) is 44.1 Å². The average Bonchev–Trinajstić information content (AvgIpc) is 3.11. The quantitative estimate of drug-likeness (QED) is 0.435. The number of carbonyl (C=O) groups is 3. The lowest BCUT2D eigenvalue weighted by Crippen LogP contribution is -2.65. The molecule has 192 valence electrons. The Balaban J connectivity index is 1.45. The van der Waals surface area contributed by atoms with Crippen LogP contribution in [-0.2, 0) is 20.9 Å². The molecule has 36 heavy (non-hydrogen) atoms. The number of benzene rings is 1. The normalized spacial score (nSPS) is 43.2. The number of hydrogen-bond donors (Lipinski definition) is 1. The van der Waals surface area contributed by atoms with Crippen LogP contribution in [-0.4, -0.2) is 27.8 Å². The van der Waals surface area contributed by atoms with Gasteiger partial charge in [-0.15, -0.1) is 0 Å². The van der Waals surface area contributed by atoms with Gasteiger partial charge in [-0.3, -0.25) is 19.3 Å². The van der Waals surface area contributed by atoms with E-state index in [-0.39, 0.29) is 52.2 Å². The van der Waals surface area contributed by atoms with Crippen LogP contribution in [0.15, 0.2) is 42.0 Å². The molecule has 2 bridgehead atoms. The predicted octanol–water partition coefficient (Wildman–Crippen LogP) is 5.70. The number of amides is 2. The van der Waals surface area contributed by atoms with Gasteiger partial charge in [0.2, 0.25) is 11.8 Å². The zero-order valence-corrected chi connectivity index (χ0v) is 22.0. The average molecular weight is 490 g/mol. The zero-order chi connectivity index (χ0) is 25.6. The summed E-state index contributed by atoms with van der Waals surface area (Å²) in [6.07, 6.45) is 7.63. The van der Waals surface area contributed by atoms with E-state index in [0.29, 0.717) is 12.5 Å². The second-order valence-corrected chi connectivity index (χ2v) is 13.2. The summed E-state index contributed by atoms with van der Waals surface area (Å²) < 4.78 is 0. The van der Waals surface area contributed by atoms with Crippen LogP contribution in [0, 0.1) is 51.8 Å². The molecule has 5 heteroatoms. The Hall–Kier alpha value is -2.43. The van der Waals surface area contributed by atoms with Gasteiger partial charge in [-0.05, 0) is 73.7 Å². The van der Waals surface area contributed by atoms with Gasteiger partial charge in [-0.2, -0.15) is 0 Å². The predicted molar refractivity (Wildman–Crippen MR) is 136 cm³/mol. The van der Waals surface area contributed by atoms with Crippen LogP contribution in [0.5, 0.6) is 0 Å². The fourth-order valence-electron chi connectivity index (χ4n) is 9.94. The van der Waals surface area contributed by atoms with Gasteiger partial charge < -0.3 is 5.11 Å². The van der Waals surface area contributed by atoms with Crippen molar-refractivity contribution in [1.29, 1.82) is 0 Å². The lowest BCUT2D eigenvalue weighted by atomic mass is 9.34. The first-order valence-corrected chi connectivity index (χ1v) is 13.9. The van der Waals surface area contributed by atoms with Crippen molar-refractivity contribution in [2.45, 2.75) is 72.8 Å². The second kappa shape index (κ2) is 7.79. The number of carboxylic acids is 1. The maximum absolute atomic E-state index is 14.2. The van der Waals surface area contributed by atoms with Gasteiger partial charge >= 0.3 is 5.97 Å². The van der Waals surface area contributed by atoms with Gasteiger partial charge in [0.25, 0.3) is 0 Å². The number of nitrogens with zero attached hydrogens (tertiary/aromatic N) is 1. The van der Waals surface area contributed by atoms with Crippen molar-refractivity contribution in [3.05, 3.63) is 47.5 Å². The molecule has 1 saturated heterocycles. The Labute approximate surface area is 214 Å². The molecular formula is C31H39NO4. The lowest BCUT2D eigenvalue weighted by Gasteiger charge is -2.68. The van der Waals surface area contributed by atoms with Crippen LogP contribution in [0.3, 0.4) is 0 Å². The molecule has 6 aliphatic rings. The first-order valence-electron chi connectivity index (χ1n) is 13.9. The van der Waals surface area contributed by atoms with Crippen molar-refractivity contribution in [2.75, 3.05) is 0 Å². The van der Waals surface area contributed by atoms with E-state index >= 15 is 0 Å². The summed E-state index contributed by atoms with van der Waals surface area (Å²) in [6.45, 7) is 9.05. The van der Waals surface area contributed by atoms with Gasteiger partial charge in [0.15, 0.2) is 0 Å². The number of fused-ring (bicyclic) bond motifs is 1. The van der Waals surface area contributed by atoms with E-state index < -0.39 is 11.4 Å². The molecule has 1 heterocycles. The maximum atomic E-state index is 14.2. The monoisotopic (exact) mass is 489 g/mol. The van der Waals surface area contributed by atoms with Crippen LogP contribution < -0.4 is 0 Å². The molecule has 1 aromatic carbocycles. The van der Waals surface area contributed by atoms with Crippen molar-refractivity contribution < 1.29 is 19.5 Å². The topological polar surface area (TPSA) is 74.7 Å². The van der Waals surface area contributed by atoms with Crippen LogP contribution in [0.1, 0.15) is 71.8 Å². The Morgan fingerprint density at radius 1 is 1.06 bits per heavy atom. The van der Waals surface area contributed by atoms with E-state index in [9.17, 15) is 19.5 Å². The third-order valence-electron chi connectivity index (χ3n) is 11.4. The third-order valence-corrected chi connectivity index (χ3v) is 11.4. The molecule has 3 saturated carbocycles. The molecule has 5 nitrogen and oxygen atoms in total. The van der Waals surface area contributed by atoms with Crippen molar-refractivity contribution in [2.24, 2.45) is 51.8 Å². The van der Waals surface area contributed by atoms with Gasteiger partial charge in [-0.25, -0.2) is 0 Å². The summed E-state index contributed by atoms with van der Waals surface area (Å²) >= 11 is 0. The van der Waals surface area contributed by atoms with E-state index in [1.807, 2.05) is 37.3 Å². The first-order chi connectivity index (χ1) is 17.0. The van der Waals surface area contributed by atoms with Gasteiger partial charge in [-0.1, -0.05) is 69.2 Å². The molecule has 2 amide bonds. The zero-order valence-electron chi connectivity index (χ0n) is 22.0. The van der Waals surface area contributed by atoms with E-state index in [4.69, 9.17) is 0 Å². The molecule has 0 radical (unpaired) electrons. The summed E-state index contributed by atoms with van der Waals surface area (Å²) in [5, 5.41) is 10.3. The minimum absolute atomic E-state index is 0.00136. The standard InChI is InChI=1S/C31H39NO4/c1-18(2)21-16-31-14-11-22-29(3,12-8-13-30(22,4)28(35)36)23(31)15-20(21)24-25(31)27(34)32(26(24)33)17-19-9-6-5-7-10-19/h5-7,9-10,16,18,20,22-25H,8,11-15,17H2,1-4H3,(H,35,36)/t20-,22+,23+,24-,25+,29+,30-,31+/m1/s1. The third kappa shape index (κ3) is 2.92. The summed E-state index contributed by atoms with van der Waals surface area (Å²) in [6, 6.07) is 9.82. The molecule has 0 aromatic heterocycles. The highest BCUT2D eigenvalue weighted by atomic mass is 16.4. The molecule has 1 spiro atoms. The Kier molecular flexibility index (Phi) is 5.18. The smallest absolute Gasteiger partial charge is 0.309 e. The molecule has 4 fully saturated rings. The van der Waals surface area contributed by atoms with Crippen LogP contribution in [0.4, 0.5) is 0 Å². The Morgan fingerprint density at radius 2 is 1.78 bits per heavy atom. The SMILES string of the molecule is CC(C)C1=C[C@@]23CC[C@H]4[C@](C)(CCC[C@@]4(C)C(=O)O)[C@@H]2C[C@H]1[C@H]1C(=O)N(Cc2ccccc2)C(=O)[C@H]13. The van der Waals surface area contributed by atoms with Crippen LogP contribution in [0.2, 0.25) is 0 Å². The number of aliphatic carboxylic acids is 1. The Bertz CT molecular complexity index is 1160. The van der Waals surface area contributed by atoms with Crippen LogP contribution in [0.25, 0.3) is 0 Å². The minimum Gasteiger partial charge on any atom is -0.481 e. The van der Waals surface area contributed by atoms with Crippen molar-refractivity contribution in [1.82, 2.24) is 4.90 Å². The fraction of sp³-hybridized carbons (Fsp3) is 0.645. The van der Waals surface area contributed by atoms with Crippen LogP contribution >= 0.6 is 0 Å². The summed E-state index contributed by atoms with van der Waals surface area (Å²) in [4.78, 5) is 42.2. The number of hydrogen-bond acceptors (Lipinski definition) is 3. The van der Waals surface area contributed by atoms with Gasteiger partial charge in [0.05, 0.1) is 23.8 Å². The number of imide groups is 1. The van der Waals surface area contributed by atoms with Gasteiger partial charge in [0, 0.05) is 5.41 Å². The highest BCUT2D eigenvalue weighted by Gasteiger charge is 2.73. The number of carboxylic acid groups (broad SMARTS) is 1. The molecule has 1 aromatic rings. The van der Waals surface area contributed by atoms with Crippen molar-refractivity contribution in [3.63, 3.8) is 0 Å². The molecule has 1 aliphatic heterocycles. The molecule has 0 unspecified atom stereocenters. The second-order valence-electron chi connectivity index (χ2n) is 13.2. The molecule has 1 N–H and O–H groups in total. The van der Waals surface area contributed by atoms with E-state index in [2.05, 4.69) is 26.8 Å². The maximum Gasteiger partial charge on any atom is 0.309 e. The number of carbonyl (C=O) groups excluding carboxylic acids is 2. The lowest BCUT2D eigenvalue weighted by molar-refractivity contribution is -0.194. The van der Waals surface area contributed by atoms with Crippen molar-refractivity contribution >= 4 is 17.8 Å². The largest absolute Gasteiger partial charge is 0.481 e. The minimum atomic E-state index is -0.718. The number of allylic oxidation sites excluding steroid dienone is 2. The molecule has 8 atom stereocenters. The van der Waals surface area contributed by atoms with E-state index in [1.54, 1.807) is 4.90 Å². The summed E-state index contributed by atoms with van der Waals surface area (Å²) in [5.41, 5.74) is 1.14. The highest BCUT2D eigenvalue weighted by Crippen LogP contribution is 2.74. The molecular weight excluding hydrogens is 450 g/mol. The molecule has 7 rings (SSSR count).